The number of anilines is 1. The molecule has 0 aliphatic carbocycles. The number of oxazole rings is 1. The van der Waals surface area contributed by atoms with E-state index in [0.29, 0.717) is 49.3 Å². The number of carbonyl (C=O) groups is 1. The van der Waals surface area contributed by atoms with E-state index in [1.165, 1.54) is 8.87 Å². The van der Waals surface area contributed by atoms with Crippen LogP contribution in [0.15, 0.2) is 56.6 Å². The van der Waals surface area contributed by atoms with Crippen LogP contribution in [-0.2, 0) is 27.8 Å². The van der Waals surface area contributed by atoms with Gasteiger partial charge in [0.15, 0.2) is 5.58 Å². The molecule has 0 atom stereocenters. The molecule has 0 bridgehead atoms. The minimum absolute atomic E-state index is 0.144. The Balaban J connectivity index is 1.65. The zero-order valence-corrected chi connectivity index (χ0v) is 18.4. The lowest BCUT2D eigenvalue weighted by molar-refractivity contribution is -0.119. The molecule has 0 N–H and O–H groups in total. The predicted molar refractivity (Wildman–Crippen MR) is 118 cm³/mol. The van der Waals surface area contributed by atoms with Gasteiger partial charge in [-0.1, -0.05) is 26.0 Å². The van der Waals surface area contributed by atoms with Crippen LogP contribution in [0.4, 0.5) is 5.69 Å². The van der Waals surface area contributed by atoms with Crippen LogP contribution >= 0.6 is 0 Å². The summed E-state index contributed by atoms with van der Waals surface area (Å²) in [5.74, 6) is -0.818. The minimum atomic E-state index is -3.57. The van der Waals surface area contributed by atoms with Gasteiger partial charge in [-0.05, 0) is 48.7 Å². The van der Waals surface area contributed by atoms with Crippen molar-refractivity contribution >= 4 is 32.7 Å². The molecule has 0 spiro atoms. The number of amides is 1. The SMILES string of the molecule is CCN(CC)S(=O)(=O)c1ccc2c(c1)CCCN2C(=O)Cn1c(=O)oc2ccccc21. The Morgan fingerprint density at radius 1 is 1.13 bits per heavy atom. The second-order valence-electron chi connectivity index (χ2n) is 7.45. The standard InChI is InChI=1S/C22H25N3O5S/c1-3-23(4-2)31(28,29)17-11-12-18-16(14-17)8-7-13-24(18)21(26)15-25-19-9-5-6-10-20(19)30-22(25)27/h5-6,9-12,14H,3-4,7-8,13,15H2,1-2H3. The normalized spacial score (nSPS) is 14.2. The third-order valence-corrected chi connectivity index (χ3v) is 7.73. The Morgan fingerprint density at radius 2 is 1.87 bits per heavy atom. The van der Waals surface area contributed by atoms with Crippen molar-refractivity contribution in [1.82, 2.24) is 8.87 Å². The van der Waals surface area contributed by atoms with Gasteiger partial charge >= 0.3 is 5.76 Å². The van der Waals surface area contributed by atoms with Crippen LogP contribution in [0.1, 0.15) is 25.8 Å². The summed E-state index contributed by atoms with van der Waals surface area (Å²) in [7, 11) is -3.57. The number of hydrogen-bond donors (Lipinski definition) is 0. The third kappa shape index (κ3) is 3.79. The van der Waals surface area contributed by atoms with Crippen LogP contribution in [0, 0.1) is 0 Å². The molecule has 0 saturated heterocycles. The second kappa shape index (κ2) is 8.32. The fourth-order valence-corrected chi connectivity index (χ4v) is 5.60. The van der Waals surface area contributed by atoms with Crippen LogP contribution in [0.3, 0.4) is 0 Å². The van der Waals surface area contributed by atoms with Crippen molar-refractivity contribution in [2.75, 3.05) is 24.5 Å². The van der Waals surface area contributed by atoms with Crippen molar-refractivity contribution in [1.29, 1.82) is 0 Å². The van der Waals surface area contributed by atoms with E-state index in [9.17, 15) is 18.0 Å². The number of benzene rings is 2. The number of rotatable bonds is 6. The lowest BCUT2D eigenvalue weighted by Crippen LogP contribution is -2.39. The second-order valence-corrected chi connectivity index (χ2v) is 9.39. The van der Waals surface area contributed by atoms with Gasteiger partial charge in [0.2, 0.25) is 15.9 Å². The maximum absolute atomic E-state index is 13.1. The summed E-state index contributed by atoms with van der Waals surface area (Å²) in [4.78, 5) is 27.2. The Morgan fingerprint density at radius 3 is 2.61 bits per heavy atom. The number of aromatic nitrogens is 1. The molecule has 1 amide bonds. The molecule has 164 valence electrons. The van der Waals surface area contributed by atoms with Gasteiger partial charge < -0.3 is 9.32 Å². The number of carbonyl (C=O) groups excluding carboxylic acids is 1. The first-order chi connectivity index (χ1) is 14.9. The van der Waals surface area contributed by atoms with Crippen LogP contribution < -0.4 is 10.7 Å². The predicted octanol–water partition coefficient (Wildman–Crippen LogP) is 2.60. The van der Waals surface area contributed by atoms with E-state index >= 15 is 0 Å². The quantitative estimate of drug-likeness (QED) is 0.584. The van der Waals surface area contributed by atoms with Crippen LogP contribution in [0.5, 0.6) is 0 Å². The van der Waals surface area contributed by atoms with Gasteiger partial charge in [0.1, 0.15) is 6.54 Å². The van der Waals surface area contributed by atoms with Crippen molar-refractivity contribution in [2.24, 2.45) is 0 Å². The molecular weight excluding hydrogens is 418 g/mol. The highest BCUT2D eigenvalue weighted by atomic mass is 32.2. The highest BCUT2D eigenvalue weighted by Gasteiger charge is 2.27. The van der Waals surface area contributed by atoms with E-state index in [1.54, 1.807) is 61.2 Å². The first-order valence-electron chi connectivity index (χ1n) is 10.4. The number of fused-ring (bicyclic) bond motifs is 2. The number of hydrogen-bond acceptors (Lipinski definition) is 5. The van der Waals surface area contributed by atoms with E-state index in [0.717, 1.165) is 5.56 Å². The van der Waals surface area contributed by atoms with E-state index in [4.69, 9.17) is 4.42 Å². The maximum Gasteiger partial charge on any atom is 0.420 e. The summed E-state index contributed by atoms with van der Waals surface area (Å²) < 4.78 is 33.7. The van der Waals surface area contributed by atoms with Gasteiger partial charge in [0.05, 0.1) is 10.4 Å². The van der Waals surface area contributed by atoms with Gasteiger partial charge in [-0.15, -0.1) is 0 Å². The summed E-state index contributed by atoms with van der Waals surface area (Å²) in [6.45, 7) is 4.78. The van der Waals surface area contributed by atoms with E-state index in [1.807, 2.05) is 0 Å². The molecule has 1 aromatic heterocycles. The number of nitrogens with zero attached hydrogens (tertiary/aromatic N) is 3. The molecule has 1 aliphatic heterocycles. The lowest BCUT2D eigenvalue weighted by Gasteiger charge is -2.30. The fourth-order valence-electron chi connectivity index (χ4n) is 4.09. The molecule has 3 aromatic rings. The summed E-state index contributed by atoms with van der Waals surface area (Å²) in [5.41, 5.74) is 2.51. The molecule has 9 heteroatoms. The minimum Gasteiger partial charge on any atom is -0.408 e. The van der Waals surface area contributed by atoms with Crippen LogP contribution in [-0.4, -0.2) is 42.8 Å². The van der Waals surface area contributed by atoms with Gasteiger partial charge in [-0.2, -0.15) is 4.31 Å². The molecule has 2 heterocycles. The largest absolute Gasteiger partial charge is 0.420 e. The highest BCUT2D eigenvalue weighted by molar-refractivity contribution is 7.89. The molecule has 0 fully saturated rings. The maximum atomic E-state index is 13.1. The molecule has 0 unspecified atom stereocenters. The first kappa shape index (κ1) is 21.3. The Labute approximate surface area is 180 Å². The van der Waals surface area contributed by atoms with Crippen molar-refractivity contribution in [3.05, 3.63) is 58.6 Å². The van der Waals surface area contributed by atoms with Gasteiger partial charge in [0.25, 0.3) is 0 Å². The molecule has 8 nitrogen and oxygen atoms in total. The molecule has 0 saturated carbocycles. The van der Waals surface area contributed by atoms with Crippen LogP contribution in [0.2, 0.25) is 0 Å². The zero-order valence-electron chi connectivity index (χ0n) is 17.6. The molecule has 0 radical (unpaired) electrons. The number of para-hydroxylation sites is 2. The number of sulfonamides is 1. The summed E-state index contributed by atoms with van der Waals surface area (Å²) in [5, 5.41) is 0. The smallest absolute Gasteiger partial charge is 0.408 e. The summed E-state index contributed by atoms with van der Waals surface area (Å²) in [6.07, 6.45) is 1.41. The highest BCUT2D eigenvalue weighted by Crippen LogP contribution is 2.31. The first-order valence-corrected chi connectivity index (χ1v) is 11.8. The third-order valence-electron chi connectivity index (χ3n) is 5.68. The van der Waals surface area contributed by atoms with Crippen LogP contribution in [0.25, 0.3) is 11.1 Å². The van der Waals surface area contributed by atoms with E-state index < -0.39 is 15.8 Å². The topological polar surface area (TPSA) is 92.8 Å². The van der Waals surface area contributed by atoms with E-state index in [-0.39, 0.29) is 17.3 Å². The van der Waals surface area contributed by atoms with Gasteiger partial charge in [-0.3, -0.25) is 9.36 Å². The van der Waals surface area contributed by atoms with Crippen molar-refractivity contribution in [3.63, 3.8) is 0 Å². The average molecular weight is 444 g/mol. The number of aryl methyl sites for hydroxylation is 1. The average Bonchev–Trinajstić information content (AvgIpc) is 3.08. The summed E-state index contributed by atoms with van der Waals surface area (Å²) >= 11 is 0. The summed E-state index contributed by atoms with van der Waals surface area (Å²) in [6, 6.07) is 11.9. The Kier molecular flexibility index (Phi) is 5.72. The molecule has 4 rings (SSSR count). The van der Waals surface area contributed by atoms with E-state index in [2.05, 4.69) is 0 Å². The molecule has 2 aromatic carbocycles. The Hall–Kier alpha value is -2.91. The van der Waals surface area contributed by atoms with Crippen molar-refractivity contribution in [2.45, 2.75) is 38.1 Å². The molecule has 31 heavy (non-hydrogen) atoms. The zero-order chi connectivity index (χ0) is 22.2. The monoisotopic (exact) mass is 443 g/mol. The van der Waals surface area contributed by atoms with Crippen molar-refractivity contribution in [3.8, 4) is 0 Å². The van der Waals surface area contributed by atoms with Gasteiger partial charge in [0, 0.05) is 25.3 Å². The Bertz CT molecular complexity index is 1290. The van der Waals surface area contributed by atoms with Gasteiger partial charge in [-0.25, -0.2) is 13.2 Å². The fraction of sp³-hybridized carbons (Fsp3) is 0.364. The molecular formula is C22H25N3O5S. The molecule has 1 aliphatic rings. The lowest BCUT2D eigenvalue weighted by atomic mass is 10.0. The van der Waals surface area contributed by atoms with Crippen molar-refractivity contribution < 1.29 is 17.6 Å².